The van der Waals surface area contributed by atoms with Crippen LogP contribution in [-0.4, -0.2) is 11.9 Å². The first-order valence-corrected chi connectivity index (χ1v) is 8.04. The number of alkyl halides is 3. The van der Waals surface area contributed by atoms with Crippen LogP contribution in [0.15, 0.2) is 24.3 Å². The Morgan fingerprint density at radius 1 is 1.38 bits per heavy atom. The number of nitrogens with one attached hydrogen (secondary N) is 1. The number of carbonyl (C=O) groups is 1. The predicted octanol–water partition coefficient (Wildman–Crippen LogP) is 4.21. The monoisotopic (exact) mass is 364 g/mol. The molecule has 1 aromatic carbocycles. The molecular weight excluding hydrogens is 341 g/mol. The van der Waals surface area contributed by atoms with Crippen molar-refractivity contribution in [3.05, 3.63) is 35.4 Å². The second-order valence-corrected chi connectivity index (χ2v) is 6.24. The SMILES string of the molecule is CCCC(NC(=O)C1CCC(N)C1)c1cccc(C(F)(F)F)c1.Cl. The van der Waals surface area contributed by atoms with Gasteiger partial charge >= 0.3 is 6.18 Å². The molecule has 7 heteroatoms. The minimum Gasteiger partial charge on any atom is -0.349 e. The van der Waals surface area contributed by atoms with E-state index in [2.05, 4.69) is 5.32 Å². The maximum absolute atomic E-state index is 12.9. The molecular formula is C17H24ClF3N2O. The van der Waals surface area contributed by atoms with Crippen LogP contribution in [0, 0.1) is 5.92 Å². The molecule has 24 heavy (non-hydrogen) atoms. The van der Waals surface area contributed by atoms with E-state index in [1.807, 2.05) is 6.92 Å². The van der Waals surface area contributed by atoms with Crippen LogP contribution in [0.25, 0.3) is 0 Å². The van der Waals surface area contributed by atoms with Gasteiger partial charge in [-0.25, -0.2) is 0 Å². The molecule has 3 unspecified atom stereocenters. The molecule has 0 bridgehead atoms. The molecule has 136 valence electrons. The van der Waals surface area contributed by atoms with Gasteiger partial charge in [-0.15, -0.1) is 12.4 Å². The highest BCUT2D eigenvalue weighted by atomic mass is 35.5. The van der Waals surface area contributed by atoms with Crippen molar-refractivity contribution in [1.82, 2.24) is 5.32 Å². The van der Waals surface area contributed by atoms with Gasteiger partial charge in [0.25, 0.3) is 0 Å². The second kappa shape index (κ2) is 8.72. The summed E-state index contributed by atoms with van der Waals surface area (Å²) in [6.07, 6.45) is -0.798. The highest BCUT2D eigenvalue weighted by Gasteiger charge is 2.32. The fraction of sp³-hybridized carbons (Fsp3) is 0.588. The van der Waals surface area contributed by atoms with Crippen LogP contribution in [0.4, 0.5) is 13.2 Å². The number of hydrogen-bond acceptors (Lipinski definition) is 2. The predicted molar refractivity (Wildman–Crippen MR) is 89.8 cm³/mol. The molecule has 0 heterocycles. The van der Waals surface area contributed by atoms with Crippen LogP contribution in [0.1, 0.15) is 56.2 Å². The largest absolute Gasteiger partial charge is 0.416 e. The molecule has 1 aliphatic carbocycles. The zero-order valence-electron chi connectivity index (χ0n) is 13.6. The Balaban J connectivity index is 0.00000288. The Morgan fingerprint density at radius 3 is 2.62 bits per heavy atom. The molecule has 0 saturated heterocycles. The molecule has 0 aliphatic heterocycles. The van der Waals surface area contributed by atoms with Gasteiger partial charge in [0.15, 0.2) is 0 Å². The average Bonchev–Trinajstić information content (AvgIpc) is 2.93. The summed E-state index contributed by atoms with van der Waals surface area (Å²) in [7, 11) is 0. The number of halogens is 4. The van der Waals surface area contributed by atoms with Gasteiger partial charge in [0.2, 0.25) is 5.91 Å². The van der Waals surface area contributed by atoms with Gasteiger partial charge in [0, 0.05) is 12.0 Å². The van der Waals surface area contributed by atoms with Gasteiger partial charge in [0.1, 0.15) is 0 Å². The van der Waals surface area contributed by atoms with Crippen molar-refractivity contribution in [2.75, 3.05) is 0 Å². The number of hydrogen-bond donors (Lipinski definition) is 2. The van der Waals surface area contributed by atoms with E-state index in [-0.39, 0.29) is 30.3 Å². The van der Waals surface area contributed by atoms with Crippen LogP contribution < -0.4 is 11.1 Å². The number of rotatable bonds is 5. The molecule has 1 aliphatic rings. The van der Waals surface area contributed by atoms with Gasteiger partial charge in [-0.3, -0.25) is 4.79 Å². The van der Waals surface area contributed by atoms with Gasteiger partial charge in [-0.05, 0) is 43.4 Å². The topological polar surface area (TPSA) is 55.1 Å². The highest BCUT2D eigenvalue weighted by molar-refractivity contribution is 5.85. The van der Waals surface area contributed by atoms with Crippen molar-refractivity contribution in [3.63, 3.8) is 0 Å². The van der Waals surface area contributed by atoms with Gasteiger partial charge < -0.3 is 11.1 Å². The van der Waals surface area contributed by atoms with E-state index in [4.69, 9.17) is 5.73 Å². The van der Waals surface area contributed by atoms with Crippen molar-refractivity contribution in [1.29, 1.82) is 0 Å². The Bertz CT molecular complexity index is 551. The first-order valence-electron chi connectivity index (χ1n) is 8.04. The van der Waals surface area contributed by atoms with E-state index < -0.39 is 17.8 Å². The Labute approximate surface area is 146 Å². The van der Waals surface area contributed by atoms with Crippen molar-refractivity contribution in [2.24, 2.45) is 11.7 Å². The van der Waals surface area contributed by atoms with E-state index in [1.165, 1.54) is 6.07 Å². The molecule has 1 fully saturated rings. The van der Waals surface area contributed by atoms with E-state index in [0.717, 1.165) is 31.4 Å². The van der Waals surface area contributed by atoms with E-state index >= 15 is 0 Å². The maximum atomic E-state index is 12.9. The lowest BCUT2D eigenvalue weighted by molar-refractivity contribution is -0.137. The van der Waals surface area contributed by atoms with Crippen molar-refractivity contribution in [3.8, 4) is 0 Å². The number of carbonyl (C=O) groups excluding carboxylic acids is 1. The third-order valence-electron chi connectivity index (χ3n) is 4.35. The van der Waals surface area contributed by atoms with E-state index in [9.17, 15) is 18.0 Å². The van der Waals surface area contributed by atoms with Crippen LogP contribution in [-0.2, 0) is 11.0 Å². The maximum Gasteiger partial charge on any atom is 0.416 e. The van der Waals surface area contributed by atoms with Gasteiger partial charge in [0.05, 0.1) is 11.6 Å². The molecule has 0 aromatic heterocycles. The Hall–Kier alpha value is -1.27. The van der Waals surface area contributed by atoms with Gasteiger partial charge in [-0.2, -0.15) is 13.2 Å². The third-order valence-corrected chi connectivity index (χ3v) is 4.35. The molecule has 3 N–H and O–H groups in total. The summed E-state index contributed by atoms with van der Waals surface area (Å²) in [5.74, 6) is -0.232. The van der Waals surface area contributed by atoms with Crippen LogP contribution in [0.5, 0.6) is 0 Å². The molecule has 1 amide bonds. The quantitative estimate of drug-likeness (QED) is 0.822. The lowest BCUT2D eigenvalue weighted by Gasteiger charge is -2.22. The average molecular weight is 365 g/mol. The van der Waals surface area contributed by atoms with Crippen LogP contribution in [0.3, 0.4) is 0 Å². The smallest absolute Gasteiger partial charge is 0.349 e. The van der Waals surface area contributed by atoms with Crippen molar-refractivity contribution in [2.45, 2.75) is 57.3 Å². The van der Waals surface area contributed by atoms with Crippen molar-refractivity contribution >= 4 is 18.3 Å². The van der Waals surface area contributed by atoms with Crippen molar-refractivity contribution < 1.29 is 18.0 Å². The summed E-state index contributed by atoms with van der Waals surface area (Å²) in [6, 6.07) is 4.84. The summed E-state index contributed by atoms with van der Waals surface area (Å²) in [5, 5.41) is 2.91. The first-order chi connectivity index (χ1) is 10.8. The number of nitrogens with two attached hydrogens (primary N) is 1. The fourth-order valence-corrected chi connectivity index (χ4v) is 3.09. The number of benzene rings is 1. The summed E-state index contributed by atoms with van der Waals surface area (Å²) in [5.41, 5.74) is 5.64. The highest BCUT2D eigenvalue weighted by Crippen LogP contribution is 2.32. The van der Waals surface area contributed by atoms with Gasteiger partial charge in [-0.1, -0.05) is 25.5 Å². The molecule has 3 nitrogen and oxygen atoms in total. The lowest BCUT2D eigenvalue weighted by atomic mass is 9.98. The summed E-state index contributed by atoms with van der Waals surface area (Å²) >= 11 is 0. The third kappa shape index (κ3) is 5.38. The van der Waals surface area contributed by atoms with Crippen LogP contribution in [0.2, 0.25) is 0 Å². The normalized spacial score (nSPS) is 21.9. The molecule has 1 aromatic rings. The standard InChI is InChI=1S/C17H23F3N2O.ClH/c1-2-4-15(22-16(23)12-7-8-14(21)10-12)11-5-3-6-13(9-11)17(18,19)20;/h3,5-6,9,12,14-15H,2,4,7-8,10,21H2,1H3,(H,22,23);1H. The molecule has 0 radical (unpaired) electrons. The summed E-state index contributed by atoms with van der Waals surface area (Å²) < 4.78 is 38.6. The minimum atomic E-state index is -4.38. The Kier molecular flexibility index (Phi) is 7.55. The lowest BCUT2D eigenvalue weighted by Crippen LogP contribution is -2.33. The second-order valence-electron chi connectivity index (χ2n) is 6.24. The first kappa shape index (κ1) is 20.8. The molecule has 3 atom stereocenters. The zero-order valence-corrected chi connectivity index (χ0v) is 14.4. The molecule has 1 saturated carbocycles. The molecule has 0 spiro atoms. The van der Waals surface area contributed by atoms with E-state index in [0.29, 0.717) is 18.4 Å². The number of amides is 1. The fourth-order valence-electron chi connectivity index (χ4n) is 3.09. The molecule has 2 rings (SSSR count). The minimum absolute atomic E-state index is 0. The Morgan fingerprint density at radius 2 is 2.08 bits per heavy atom. The van der Waals surface area contributed by atoms with Crippen LogP contribution >= 0.6 is 12.4 Å². The summed E-state index contributed by atoms with van der Waals surface area (Å²) in [6.45, 7) is 1.94. The zero-order chi connectivity index (χ0) is 17.0. The van der Waals surface area contributed by atoms with E-state index in [1.54, 1.807) is 6.07 Å². The summed E-state index contributed by atoms with van der Waals surface area (Å²) in [4.78, 5) is 12.3.